The fourth-order valence-corrected chi connectivity index (χ4v) is 1.56. The first kappa shape index (κ1) is 12.2. The number of rotatable bonds is 4. The highest BCUT2D eigenvalue weighted by molar-refractivity contribution is 7.13. The van der Waals surface area contributed by atoms with Crippen molar-refractivity contribution in [3.63, 3.8) is 0 Å². The molecule has 0 aliphatic carbocycles. The molecule has 1 rings (SSSR count). The minimum Gasteiger partial charge on any atom is -0.462 e. The molecule has 16 heavy (non-hydrogen) atoms. The highest BCUT2D eigenvalue weighted by atomic mass is 32.1. The van der Waals surface area contributed by atoms with Gasteiger partial charge in [-0.05, 0) is 13.8 Å². The number of aryl methyl sites for hydroxylation is 1. The third-order valence-electron chi connectivity index (χ3n) is 1.57. The number of carbonyl (C=O) groups excluding carboxylic acids is 1. The van der Waals surface area contributed by atoms with Crippen LogP contribution in [0.3, 0.4) is 0 Å². The summed E-state index contributed by atoms with van der Waals surface area (Å²) in [5.41, 5.74) is 0.810. The lowest BCUT2D eigenvalue weighted by Gasteiger charge is -1.99. The molecular weight excluding hydrogens is 226 g/mol. The number of thiazole rings is 1. The number of anilines is 1. The van der Waals surface area contributed by atoms with E-state index in [1.165, 1.54) is 17.5 Å². The van der Waals surface area contributed by atoms with Crippen molar-refractivity contribution in [2.45, 2.75) is 13.8 Å². The Morgan fingerprint density at radius 3 is 3.06 bits per heavy atom. The molecule has 0 aliphatic heterocycles. The SMILES string of the molecule is CCOC(=O)/C(C#N)=C/Nc1nc(C)cs1. The monoisotopic (exact) mass is 237 g/mol. The van der Waals surface area contributed by atoms with Gasteiger partial charge in [0, 0.05) is 11.6 Å². The fraction of sp³-hybridized carbons (Fsp3) is 0.300. The first-order valence-corrected chi connectivity index (χ1v) is 5.51. The summed E-state index contributed by atoms with van der Waals surface area (Å²) in [6.07, 6.45) is 1.30. The molecule has 0 atom stereocenters. The first-order valence-electron chi connectivity index (χ1n) is 4.63. The van der Waals surface area contributed by atoms with E-state index in [-0.39, 0.29) is 12.2 Å². The third-order valence-corrected chi connectivity index (χ3v) is 2.47. The number of nitrogens with one attached hydrogen (secondary N) is 1. The maximum atomic E-state index is 11.2. The second-order valence-electron chi connectivity index (χ2n) is 2.83. The minimum absolute atomic E-state index is 0.0743. The van der Waals surface area contributed by atoms with Crippen LogP contribution in [-0.4, -0.2) is 17.6 Å². The lowest BCUT2D eigenvalue weighted by Crippen LogP contribution is -2.07. The molecule has 0 radical (unpaired) electrons. The number of nitrogens with zero attached hydrogens (tertiary/aromatic N) is 2. The van der Waals surface area contributed by atoms with E-state index in [1.807, 2.05) is 12.3 Å². The van der Waals surface area contributed by atoms with Crippen LogP contribution in [0.2, 0.25) is 0 Å². The summed E-state index contributed by atoms with van der Waals surface area (Å²) < 4.78 is 4.70. The molecule has 1 aromatic heterocycles. The number of ether oxygens (including phenoxy) is 1. The van der Waals surface area contributed by atoms with Crippen molar-refractivity contribution < 1.29 is 9.53 Å². The van der Waals surface area contributed by atoms with E-state index in [0.29, 0.717) is 5.13 Å². The van der Waals surface area contributed by atoms with E-state index in [1.54, 1.807) is 13.0 Å². The standard InChI is InChI=1S/C10H11N3O2S/c1-3-15-9(14)8(4-11)5-12-10-13-7(2)6-16-10/h5-6H,3H2,1-2H3,(H,12,13)/b8-5+. The van der Waals surface area contributed by atoms with Gasteiger partial charge >= 0.3 is 5.97 Å². The Morgan fingerprint density at radius 2 is 2.56 bits per heavy atom. The fourth-order valence-electron chi connectivity index (χ4n) is 0.900. The Hall–Kier alpha value is -1.87. The summed E-state index contributed by atoms with van der Waals surface area (Å²) in [6, 6.07) is 1.76. The van der Waals surface area contributed by atoms with Gasteiger partial charge in [0.05, 0.1) is 12.3 Å². The van der Waals surface area contributed by atoms with E-state index in [9.17, 15) is 4.79 Å². The highest BCUT2D eigenvalue weighted by Gasteiger charge is 2.09. The molecule has 1 heterocycles. The number of aromatic nitrogens is 1. The molecule has 0 saturated heterocycles. The number of carbonyl (C=O) groups is 1. The van der Waals surface area contributed by atoms with Gasteiger partial charge in [0.15, 0.2) is 10.7 Å². The number of hydrogen-bond donors (Lipinski definition) is 1. The molecule has 0 fully saturated rings. The van der Waals surface area contributed by atoms with Crippen molar-refractivity contribution in [2.24, 2.45) is 0 Å². The zero-order chi connectivity index (χ0) is 12.0. The van der Waals surface area contributed by atoms with Gasteiger partial charge in [-0.2, -0.15) is 5.26 Å². The van der Waals surface area contributed by atoms with Crippen molar-refractivity contribution in [1.29, 1.82) is 5.26 Å². The largest absolute Gasteiger partial charge is 0.462 e. The quantitative estimate of drug-likeness (QED) is 0.491. The molecule has 6 heteroatoms. The Balaban J connectivity index is 2.67. The maximum Gasteiger partial charge on any atom is 0.350 e. The van der Waals surface area contributed by atoms with E-state index < -0.39 is 5.97 Å². The normalized spacial score (nSPS) is 10.7. The van der Waals surface area contributed by atoms with E-state index >= 15 is 0 Å². The van der Waals surface area contributed by atoms with Gasteiger partial charge in [0.2, 0.25) is 0 Å². The molecule has 1 N–H and O–H groups in total. The number of esters is 1. The molecule has 0 saturated carbocycles. The Morgan fingerprint density at radius 1 is 1.81 bits per heavy atom. The van der Waals surface area contributed by atoms with Gasteiger partial charge in [0.1, 0.15) is 6.07 Å². The average Bonchev–Trinajstić information content (AvgIpc) is 2.65. The molecular formula is C10H11N3O2S. The maximum absolute atomic E-state index is 11.2. The third kappa shape index (κ3) is 3.37. The van der Waals surface area contributed by atoms with Gasteiger partial charge in [0.25, 0.3) is 0 Å². The molecule has 0 spiro atoms. The number of hydrogen-bond acceptors (Lipinski definition) is 6. The van der Waals surface area contributed by atoms with Crippen LogP contribution in [-0.2, 0) is 9.53 Å². The predicted molar refractivity (Wildman–Crippen MR) is 60.8 cm³/mol. The highest BCUT2D eigenvalue weighted by Crippen LogP contribution is 2.14. The Labute approximate surface area is 97.4 Å². The second-order valence-corrected chi connectivity index (χ2v) is 3.69. The Bertz CT molecular complexity index is 445. The van der Waals surface area contributed by atoms with Crippen molar-refractivity contribution in [2.75, 3.05) is 11.9 Å². The average molecular weight is 237 g/mol. The van der Waals surface area contributed by atoms with Crippen LogP contribution in [0.5, 0.6) is 0 Å². The summed E-state index contributed by atoms with van der Waals surface area (Å²) in [5.74, 6) is -0.634. The lowest BCUT2D eigenvalue weighted by atomic mass is 10.3. The predicted octanol–water partition coefficient (Wildman–Crippen LogP) is 1.83. The van der Waals surface area contributed by atoms with E-state index in [4.69, 9.17) is 10.00 Å². The zero-order valence-corrected chi connectivity index (χ0v) is 9.80. The molecule has 0 unspecified atom stereocenters. The second kappa shape index (κ2) is 5.88. The van der Waals surface area contributed by atoms with E-state index in [0.717, 1.165) is 5.69 Å². The van der Waals surface area contributed by atoms with Crippen LogP contribution in [0, 0.1) is 18.3 Å². The zero-order valence-electron chi connectivity index (χ0n) is 8.98. The molecule has 0 aromatic carbocycles. The van der Waals surface area contributed by atoms with Gasteiger partial charge in [-0.25, -0.2) is 9.78 Å². The van der Waals surface area contributed by atoms with Crippen molar-refractivity contribution in [3.05, 3.63) is 22.8 Å². The Kier molecular flexibility index (Phi) is 4.48. The summed E-state index contributed by atoms with van der Waals surface area (Å²) in [7, 11) is 0. The molecule has 0 bridgehead atoms. The van der Waals surface area contributed by atoms with Crippen molar-refractivity contribution in [1.82, 2.24) is 4.98 Å². The van der Waals surface area contributed by atoms with Crippen molar-refractivity contribution in [3.8, 4) is 6.07 Å². The van der Waals surface area contributed by atoms with Crippen molar-refractivity contribution >= 4 is 22.4 Å². The summed E-state index contributed by atoms with van der Waals surface area (Å²) >= 11 is 1.40. The summed E-state index contributed by atoms with van der Waals surface area (Å²) in [6.45, 7) is 3.79. The van der Waals surface area contributed by atoms with Gasteiger partial charge in [-0.15, -0.1) is 11.3 Å². The van der Waals surface area contributed by atoms with Crippen LogP contribution in [0.15, 0.2) is 17.2 Å². The summed E-state index contributed by atoms with van der Waals surface area (Å²) in [5, 5.41) is 14.0. The molecule has 1 aromatic rings. The molecule has 84 valence electrons. The number of nitriles is 1. The molecule has 0 amide bonds. The first-order chi connectivity index (χ1) is 7.67. The smallest absolute Gasteiger partial charge is 0.350 e. The van der Waals surface area contributed by atoms with Gasteiger partial charge in [-0.3, -0.25) is 0 Å². The van der Waals surface area contributed by atoms with Gasteiger partial charge in [-0.1, -0.05) is 0 Å². The lowest BCUT2D eigenvalue weighted by molar-refractivity contribution is -0.138. The van der Waals surface area contributed by atoms with Crippen LogP contribution < -0.4 is 5.32 Å². The van der Waals surface area contributed by atoms with Gasteiger partial charge < -0.3 is 10.1 Å². The van der Waals surface area contributed by atoms with Crippen LogP contribution >= 0.6 is 11.3 Å². The molecule has 5 nitrogen and oxygen atoms in total. The van der Waals surface area contributed by atoms with Crippen LogP contribution in [0.4, 0.5) is 5.13 Å². The van der Waals surface area contributed by atoms with E-state index in [2.05, 4.69) is 10.3 Å². The van der Waals surface area contributed by atoms with Crippen LogP contribution in [0.25, 0.3) is 0 Å². The minimum atomic E-state index is -0.634. The van der Waals surface area contributed by atoms with Crippen LogP contribution in [0.1, 0.15) is 12.6 Å². The summed E-state index contributed by atoms with van der Waals surface area (Å²) in [4.78, 5) is 15.4. The molecule has 0 aliphatic rings. The topological polar surface area (TPSA) is 75.0 Å².